The predicted octanol–water partition coefficient (Wildman–Crippen LogP) is 2.41. The first-order valence-electron chi connectivity index (χ1n) is 11.0. The van der Waals surface area contributed by atoms with E-state index in [-0.39, 0.29) is 23.6 Å². The molecule has 1 aliphatic heterocycles. The van der Waals surface area contributed by atoms with Gasteiger partial charge in [0.25, 0.3) is 11.8 Å². The van der Waals surface area contributed by atoms with Gasteiger partial charge < -0.3 is 20.3 Å². The van der Waals surface area contributed by atoms with Crippen molar-refractivity contribution in [1.29, 1.82) is 0 Å². The zero-order valence-electron chi connectivity index (χ0n) is 18.7. The fraction of sp³-hybridized carbons (Fsp3) is 0.400. The van der Waals surface area contributed by atoms with Crippen LogP contribution in [0.2, 0.25) is 0 Å². The fourth-order valence-electron chi connectivity index (χ4n) is 3.91. The van der Waals surface area contributed by atoms with Crippen LogP contribution >= 0.6 is 0 Å². The Balaban J connectivity index is 1.66. The molecule has 1 atom stereocenters. The van der Waals surface area contributed by atoms with Crippen LogP contribution in [0, 0.1) is 12.8 Å². The summed E-state index contributed by atoms with van der Waals surface area (Å²) < 4.78 is 5.02. The lowest BCUT2D eigenvalue weighted by Gasteiger charge is -2.36. The molecule has 1 heterocycles. The van der Waals surface area contributed by atoms with Crippen LogP contribution in [0.4, 0.5) is 0 Å². The maximum atomic E-state index is 12.9. The molecule has 0 aliphatic carbocycles. The number of nitrogens with zero attached hydrogens (tertiary/aromatic N) is 1. The van der Waals surface area contributed by atoms with Crippen molar-refractivity contribution in [2.45, 2.75) is 25.8 Å². The highest BCUT2D eigenvalue weighted by molar-refractivity contribution is 5.97. The molecule has 7 heteroatoms. The maximum absolute atomic E-state index is 12.9. The standard InChI is InChI=1S/C25H31N3O4/c1-18-8-10-20(11-9-18)23(29)27-22(24(30)26-14-17-32-2)19-12-15-28(16-13-19)25(31)21-6-4-3-5-7-21/h3-11,19,22H,12-17H2,1-2H3,(H,26,30)(H,27,29)/t22-/m1/s1. The molecular weight excluding hydrogens is 406 g/mol. The monoisotopic (exact) mass is 437 g/mol. The number of hydrogen-bond donors (Lipinski definition) is 2. The van der Waals surface area contributed by atoms with E-state index in [1.54, 1.807) is 19.2 Å². The Morgan fingerprint density at radius 1 is 1.00 bits per heavy atom. The highest BCUT2D eigenvalue weighted by Crippen LogP contribution is 2.23. The lowest BCUT2D eigenvalue weighted by atomic mass is 9.88. The van der Waals surface area contributed by atoms with Gasteiger partial charge in [-0.3, -0.25) is 14.4 Å². The number of rotatable bonds is 8. The van der Waals surface area contributed by atoms with Crippen molar-refractivity contribution in [2.24, 2.45) is 5.92 Å². The quantitative estimate of drug-likeness (QED) is 0.621. The molecule has 1 aliphatic rings. The van der Waals surface area contributed by atoms with E-state index in [1.807, 2.05) is 54.3 Å². The molecule has 0 aromatic heterocycles. The normalized spacial score (nSPS) is 15.1. The van der Waals surface area contributed by atoms with Gasteiger partial charge in [0.15, 0.2) is 0 Å². The molecule has 0 unspecified atom stereocenters. The number of nitrogens with one attached hydrogen (secondary N) is 2. The van der Waals surface area contributed by atoms with Crippen LogP contribution in [0.5, 0.6) is 0 Å². The zero-order chi connectivity index (χ0) is 22.9. The van der Waals surface area contributed by atoms with Gasteiger partial charge in [-0.2, -0.15) is 0 Å². The predicted molar refractivity (Wildman–Crippen MR) is 122 cm³/mol. The van der Waals surface area contributed by atoms with Crippen LogP contribution in [-0.4, -0.2) is 62.0 Å². The van der Waals surface area contributed by atoms with Crippen LogP contribution in [0.15, 0.2) is 54.6 Å². The summed E-state index contributed by atoms with van der Waals surface area (Å²) in [6.45, 7) is 3.81. The molecule has 1 saturated heterocycles. The van der Waals surface area contributed by atoms with Crippen LogP contribution < -0.4 is 10.6 Å². The summed E-state index contributed by atoms with van der Waals surface area (Å²) in [6, 6.07) is 15.8. The number of ether oxygens (including phenoxy) is 1. The van der Waals surface area contributed by atoms with E-state index in [4.69, 9.17) is 4.74 Å². The number of piperidine rings is 1. The average molecular weight is 438 g/mol. The van der Waals surface area contributed by atoms with Crippen molar-refractivity contribution in [3.05, 3.63) is 71.3 Å². The van der Waals surface area contributed by atoms with Gasteiger partial charge in [0.1, 0.15) is 6.04 Å². The van der Waals surface area contributed by atoms with E-state index in [2.05, 4.69) is 10.6 Å². The Bertz CT molecular complexity index is 907. The number of carbonyl (C=O) groups excluding carboxylic acids is 3. The van der Waals surface area contributed by atoms with E-state index in [0.29, 0.717) is 50.2 Å². The lowest BCUT2D eigenvalue weighted by molar-refractivity contribution is -0.124. The molecule has 3 amide bonds. The molecule has 1 fully saturated rings. The molecular formula is C25H31N3O4. The maximum Gasteiger partial charge on any atom is 0.253 e. The summed E-state index contributed by atoms with van der Waals surface area (Å²) in [7, 11) is 1.57. The van der Waals surface area contributed by atoms with Crippen LogP contribution in [0.1, 0.15) is 39.1 Å². The first kappa shape index (κ1) is 23.5. The number of hydrogen-bond acceptors (Lipinski definition) is 4. The molecule has 3 rings (SSSR count). The average Bonchev–Trinajstić information content (AvgIpc) is 2.83. The highest BCUT2D eigenvalue weighted by Gasteiger charge is 2.34. The van der Waals surface area contributed by atoms with Crippen molar-refractivity contribution >= 4 is 17.7 Å². The third-order valence-electron chi connectivity index (χ3n) is 5.81. The van der Waals surface area contributed by atoms with Gasteiger partial charge in [0, 0.05) is 37.9 Å². The Hall–Kier alpha value is -3.19. The summed E-state index contributed by atoms with van der Waals surface area (Å²) in [6.07, 6.45) is 1.27. The Kier molecular flexibility index (Phi) is 8.39. The van der Waals surface area contributed by atoms with Crippen molar-refractivity contribution in [3.63, 3.8) is 0 Å². The Morgan fingerprint density at radius 3 is 2.28 bits per heavy atom. The third kappa shape index (κ3) is 6.17. The van der Waals surface area contributed by atoms with E-state index < -0.39 is 6.04 Å². The van der Waals surface area contributed by atoms with E-state index >= 15 is 0 Å². The van der Waals surface area contributed by atoms with Crippen molar-refractivity contribution in [2.75, 3.05) is 33.4 Å². The molecule has 7 nitrogen and oxygen atoms in total. The largest absolute Gasteiger partial charge is 0.383 e. The zero-order valence-corrected chi connectivity index (χ0v) is 18.7. The SMILES string of the molecule is COCCNC(=O)[C@H](NC(=O)c1ccc(C)cc1)C1CCN(C(=O)c2ccccc2)CC1. The van der Waals surface area contributed by atoms with Gasteiger partial charge in [0.05, 0.1) is 6.61 Å². The summed E-state index contributed by atoms with van der Waals surface area (Å²) >= 11 is 0. The number of likely N-dealkylation sites (tertiary alicyclic amines) is 1. The first-order chi connectivity index (χ1) is 15.5. The third-order valence-corrected chi connectivity index (χ3v) is 5.81. The van der Waals surface area contributed by atoms with E-state index in [1.165, 1.54) is 0 Å². The van der Waals surface area contributed by atoms with Gasteiger partial charge in [-0.15, -0.1) is 0 Å². The lowest BCUT2D eigenvalue weighted by Crippen LogP contribution is -2.54. The second kappa shape index (κ2) is 11.4. The molecule has 2 N–H and O–H groups in total. The van der Waals surface area contributed by atoms with Gasteiger partial charge in [0.2, 0.25) is 5.91 Å². The molecule has 0 saturated carbocycles. The smallest absolute Gasteiger partial charge is 0.253 e. The molecule has 32 heavy (non-hydrogen) atoms. The van der Waals surface area contributed by atoms with Crippen molar-refractivity contribution in [1.82, 2.24) is 15.5 Å². The first-order valence-corrected chi connectivity index (χ1v) is 11.0. The minimum absolute atomic E-state index is 0.00571. The molecule has 2 aromatic carbocycles. The molecule has 2 aromatic rings. The van der Waals surface area contributed by atoms with Crippen molar-refractivity contribution < 1.29 is 19.1 Å². The number of methoxy groups -OCH3 is 1. The van der Waals surface area contributed by atoms with Crippen LogP contribution in [0.25, 0.3) is 0 Å². The second-order valence-electron chi connectivity index (χ2n) is 8.10. The number of amides is 3. The van der Waals surface area contributed by atoms with Crippen LogP contribution in [0.3, 0.4) is 0 Å². The minimum atomic E-state index is -0.672. The van der Waals surface area contributed by atoms with Gasteiger partial charge in [-0.1, -0.05) is 35.9 Å². The Labute approximate surface area is 189 Å². The number of aryl methyl sites for hydroxylation is 1. The van der Waals surface area contributed by atoms with Gasteiger partial charge in [-0.05, 0) is 49.9 Å². The number of benzene rings is 2. The van der Waals surface area contributed by atoms with Crippen LogP contribution in [-0.2, 0) is 9.53 Å². The number of carbonyl (C=O) groups is 3. The molecule has 0 bridgehead atoms. The second-order valence-corrected chi connectivity index (χ2v) is 8.10. The van der Waals surface area contributed by atoms with Crippen molar-refractivity contribution in [3.8, 4) is 0 Å². The fourth-order valence-corrected chi connectivity index (χ4v) is 3.91. The molecule has 0 radical (unpaired) electrons. The Morgan fingerprint density at radius 2 is 1.66 bits per heavy atom. The summed E-state index contributed by atoms with van der Waals surface area (Å²) in [4.78, 5) is 40.3. The summed E-state index contributed by atoms with van der Waals surface area (Å²) in [5, 5.41) is 5.78. The van der Waals surface area contributed by atoms with Gasteiger partial charge in [-0.25, -0.2) is 0 Å². The van der Waals surface area contributed by atoms with Gasteiger partial charge >= 0.3 is 0 Å². The summed E-state index contributed by atoms with van der Waals surface area (Å²) in [5.74, 6) is -0.573. The van der Waals surface area contributed by atoms with E-state index in [9.17, 15) is 14.4 Å². The summed E-state index contributed by atoms with van der Waals surface area (Å²) in [5.41, 5.74) is 2.24. The van der Waals surface area contributed by atoms with E-state index in [0.717, 1.165) is 5.56 Å². The topological polar surface area (TPSA) is 87.7 Å². The molecule has 170 valence electrons. The highest BCUT2D eigenvalue weighted by atomic mass is 16.5. The molecule has 0 spiro atoms. The minimum Gasteiger partial charge on any atom is -0.383 e.